The molecule has 1 atom stereocenters. The summed E-state index contributed by atoms with van der Waals surface area (Å²) in [6.07, 6.45) is 2.92. The molecule has 5 heteroatoms. The maximum Gasteiger partial charge on any atom is 0.309 e. The summed E-state index contributed by atoms with van der Waals surface area (Å²) in [5, 5.41) is 9.15. The third-order valence-corrected chi connectivity index (χ3v) is 4.20. The van der Waals surface area contributed by atoms with Crippen molar-refractivity contribution in [1.82, 2.24) is 4.90 Å². The lowest BCUT2D eigenvalue weighted by Crippen LogP contribution is -2.48. The van der Waals surface area contributed by atoms with Crippen molar-refractivity contribution < 1.29 is 19.4 Å². The second kappa shape index (κ2) is 5.26. The number of aliphatic carboxylic acids is 1. The molecule has 0 radical (unpaired) electrons. The zero-order valence-corrected chi connectivity index (χ0v) is 10.9. The quantitative estimate of drug-likeness (QED) is 0.803. The Balaban J connectivity index is 1.89. The SMILES string of the molecule is CC1(C(=O)O)CCN(C(=O)[C@H]2CCCOC2)CC1. The van der Waals surface area contributed by atoms with Gasteiger partial charge in [-0.1, -0.05) is 0 Å². The smallest absolute Gasteiger partial charge is 0.309 e. The molecule has 2 fully saturated rings. The second-order valence-corrected chi connectivity index (χ2v) is 5.61. The van der Waals surface area contributed by atoms with E-state index in [1.165, 1.54) is 0 Å². The Labute approximate surface area is 107 Å². The maximum absolute atomic E-state index is 12.2. The van der Waals surface area contributed by atoms with Crippen LogP contribution in [0.2, 0.25) is 0 Å². The van der Waals surface area contributed by atoms with Gasteiger partial charge in [-0.25, -0.2) is 0 Å². The van der Waals surface area contributed by atoms with E-state index in [0.717, 1.165) is 19.4 Å². The van der Waals surface area contributed by atoms with E-state index in [9.17, 15) is 9.59 Å². The summed E-state index contributed by atoms with van der Waals surface area (Å²) in [5.41, 5.74) is -0.667. The van der Waals surface area contributed by atoms with Crippen LogP contribution in [-0.2, 0) is 14.3 Å². The Morgan fingerprint density at radius 1 is 1.33 bits per heavy atom. The number of hydrogen-bond acceptors (Lipinski definition) is 3. The number of hydrogen-bond donors (Lipinski definition) is 1. The third kappa shape index (κ3) is 2.66. The van der Waals surface area contributed by atoms with Crippen molar-refractivity contribution >= 4 is 11.9 Å². The maximum atomic E-state index is 12.2. The molecule has 0 aromatic rings. The molecule has 0 spiro atoms. The monoisotopic (exact) mass is 255 g/mol. The van der Waals surface area contributed by atoms with Crippen LogP contribution in [0.1, 0.15) is 32.6 Å². The van der Waals surface area contributed by atoms with Gasteiger partial charge >= 0.3 is 5.97 Å². The van der Waals surface area contributed by atoms with Crippen LogP contribution in [-0.4, -0.2) is 48.2 Å². The highest BCUT2D eigenvalue weighted by Crippen LogP contribution is 2.32. The number of nitrogens with zero attached hydrogens (tertiary/aromatic N) is 1. The summed E-state index contributed by atoms with van der Waals surface area (Å²) in [6, 6.07) is 0. The summed E-state index contributed by atoms with van der Waals surface area (Å²) in [4.78, 5) is 25.2. The van der Waals surface area contributed by atoms with Gasteiger partial charge in [0.05, 0.1) is 17.9 Å². The van der Waals surface area contributed by atoms with E-state index in [2.05, 4.69) is 0 Å². The van der Waals surface area contributed by atoms with Gasteiger partial charge in [-0.2, -0.15) is 0 Å². The topological polar surface area (TPSA) is 66.8 Å². The highest BCUT2D eigenvalue weighted by Gasteiger charge is 2.39. The number of rotatable bonds is 2. The molecular weight excluding hydrogens is 234 g/mol. The Kier molecular flexibility index (Phi) is 3.90. The summed E-state index contributed by atoms with van der Waals surface area (Å²) in [7, 11) is 0. The Bertz CT molecular complexity index is 328. The molecule has 1 N–H and O–H groups in total. The molecule has 5 nitrogen and oxygen atoms in total. The second-order valence-electron chi connectivity index (χ2n) is 5.61. The van der Waals surface area contributed by atoms with Crippen molar-refractivity contribution in [3.05, 3.63) is 0 Å². The Morgan fingerprint density at radius 3 is 2.50 bits per heavy atom. The highest BCUT2D eigenvalue weighted by atomic mass is 16.5. The van der Waals surface area contributed by atoms with Crippen molar-refractivity contribution in [2.75, 3.05) is 26.3 Å². The lowest BCUT2D eigenvalue weighted by Gasteiger charge is -2.38. The van der Waals surface area contributed by atoms with Crippen LogP contribution >= 0.6 is 0 Å². The minimum atomic E-state index is -0.754. The fourth-order valence-corrected chi connectivity index (χ4v) is 2.63. The third-order valence-electron chi connectivity index (χ3n) is 4.20. The van der Waals surface area contributed by atoms with Crippen LogP contribution in [0.4, 0.5) is 0 Å². The number of amides is 1. The Hall–Kier alpha value is -1.10. The van der Waals surface area contributed by atoms with Crippen LogP contribution in [0.5, 0.6) is 0 Å². The van der Waals surface area contributed by atoms with Crippen molar-refractivity contribution in [3.63, 3.8) is 0 Å². The van der Waals surface area contributed by atoms with Crippen molar-refractivity contribution in [1.29, 1.82) is 0 Å². The van der Waals surface area contributed by atoms with Crippen LogP contribution in [0.15, 0.2) is 0 Å². The van der Waals surface area contributed by atoms with E-state index in [4.69, 9.17) is 9.84 Å². The molecule has 2 aliphatic heterocycles. The predicted molar refractivity (Wildman–Crippen MR) is 65.1 cm³/mol. The molecule has 0 saturated carbocycles. The fraction of sp³-hybridized carbons (Fsp3) is 0.846. The normalized spacial score (nSPS) is 27.8. The number of carbonyl (C=O) groups excluding carboxylic acids is 1. The molecule has 2 rings (SSSR count). The number of likely N-dealkylation sites (tertiary alicyclic amines) is 1. The lowest BCUT2D eigenvalue weighted by molar-refractivity contribution is -0.154. The summed E-state index contributed by atoms with van der Waals surface area (Å²) >= 11 is 0. The lowest BCUT2D eigenvalue weighted by atomic mass is 9.80. The molecule has 0 aromatic carbocycles. The van der Waals surface area contributed by atoms with Crippen molar-refractivity contribution in [3.8, 4) is 0 Å². The zero-order valence-electron chi connectivity index (χ0n) is 10.9. The van der Waals surface area contributed by atoms with Gasteiger partial charge in [-0.15, -0.1) is 0 Å². The van der Waals surface area contributed by atoms with E-state index in [-0.39, 0.29) is 11.8 Å². The van der Waals surface area contributed by atoms with E-state index >= 15 is 0 Å². The van der Waals surface area contributed by atoms with Gasteiger partial charge in [-0.3, -0.25) is 9.59 Å². The molecule has 2 saturated heterocycles. The van der Waals surface area contributed by atoms with E-state index in [1.54, 1.807) is 6.92 Å². The van der Waals surface area contributed by atoms with Gasteiger partial charge in [0, 0.05) is 19.7 Å². The number of carbonyl (C=O) groups is 2. The molecule has 0 aromatic heterocycles. The van der Waals surface area contributed by atoms with Crippen LogP contribution in [0.25, 0.3) is 0 Å². The largest absolute Gasteiger partial charge is 0.481 e. The van der Waals surface area contributed by atoms with Crippen molar-refractivity contribution in [2.45, 2.75) is 32.6 Å². The number of ether oxygens (including phenoxy) is 1. The summed E-state index contributed by atoms with van der Waals surface area (Å²) in [5.74, 6) is -0.634. The first kappa shape index (κ1) is 13.3. The fourth-order valence-electron chi connectivity index (χ4n) is 2.63. The molecule has 1 amide bonds. The summed E-state index contributed by atoms with van der Waals surface area (Å²) in [6.45, 7) is 4.14. The number of carboxylic acid groups (broad SMARTS) is 1. The standard InChI is InChI=1S/C13H21NO4/c1-13(12(16)17)4-6-14(7-5-13)11(15)10-3-2-8-18-9-10/h10H,2-9H2,1H3,(H,16,17)/t10-/m0/s1. The molecule has 0 unspecified atom stereocenters. The first-order valence-electron chi connectivity index (χ1n) is 6.63. The van der Waals surface area contributed by atoms with Gasteiger partial charge in [-0.05, 0) is 32.6 Å². The molecule has 102 valence electrons. The van der Waals surface area contributed by atoms with Crippen molar-refractivity contribution in [2.24, 2.45) is 11.3 Å². The first-order chi connectivity index (χ1) is 8.53. The highest BCUT2D eigenvalue weighted by molar-refractivity contribution is 5.80. The van der Waals surface area contributed by atoms with Gasteiger partial charge in [0.2, 0.25) is 5.91 Å². The van der Waals surface area contributed by atoms with Gasteiger partial charge in [0.25, 0.3) is 0 Å². The van der Waals surface area contributed by atoms with Crippen LogP contribution in [0.3, 0.4) is 0 Å². The molecule has 18 heavy (non-hydrogen) atoms. The molecule has 2 aliphatic rings. The van der Waals surface area contributed by atoms with Gasteiger partial charge in [0.1, 0.15) is 0 Å². The van der Waals surface area contributed by atoms with Crippen LogP contribution in [0, 0.1) is 11.3 Å². The van der Waals surface area contributed by atoms with E-state index < -0.39 is 11.4 Å². The Morgan fingerprint density at radius 2 is 2.00 bits per heavy atom. The molecule has 2 heterocycles. The predicted octanol–water partition coefficient (Wildman–Crippen LogP) is 1.13. The minimum absolute atomic E-state index is 0.0204. The zero-order chi connectivity index (χ0) is 13.2. The average molecular weight is 255 g/mol. The molecule has 0 aliphatic carbocycles. The van der Waals surface area contributed by atoms with E-state index in [1.807, 2.05) is 4.90 Å². The number of carboxylic acids is 1. The number of piperidine rings is 1. The van der Waals surface area contributed by atoms with Gasteiger partial charge in [0.15, 0.2) is 0 Å². The molecule has 0 bridgehead atoms. The average Bonchev–Trinajstić information content (AvgIpc) is 2.40. The first-order valence-corrected chi connectivity index (χ1v) is 6.63. The van der Waals surface area contributed by atoms with Crippen LogP contribution < -0.4 is 0 Å². The summed E-state index contributed by atoms with van der Waals surface area (Å²) < 4.78 is 5.33. The van der Waals surface area contributed by atoms with Gasteiger partial charge < -0.3 is 14.7 Å². The van der Waals surface area contributed by atoms with E-state index in [0.29, 0.717) is 32.5 Å². The molecular formula is C13H21NO4. The minimum Gasteiger partial charge on any atom is -0.481 e.